The minimum absolute atomic E-state index is 0.412. The van der Waals surface area contributed by atoms with Crippen molar-refractivity contribution in [3.8, 4) is 11.5 Å². The van der Waals surface area contributed by atoms with E-state index in [0.29, 0.717) is 24.5 Å². The molecule has 0 radical (unpaired) electrons. The highest BCUT2D eigenvalue weighted by molar-refractivity contribution is 5.74. The smallest absolute Gasteiger partial charge is 0.321 e. The van der Waals surface area contributed by atoms with E-state index in [0.717, 1.165) is 12.0 Å². The molecule has 1 rings (SSSR count). The van der Waals surface area contributed by atoms with Crippen molar-refractivity contribution in [2.75, 3.05) is 20.8 Å². The predicted octanol–water partition coefficient (Wildman–Crippen LogP) is 1.70. The Balaban J connectivity index is 2.81. The molecule has 0 heterocycles. The van der Waals surface area contributed by atoms with Gasteiger partial charge < -0.3 is 19.9 Å². The van der Waals surface area contributed by atoms with E-state index >= 15 is 0 Å². The minimum Gasteiger partial charge on any atom is -0.493 e. The molecular weight excluding hydrogens is 246 g/mol. The third-order valence-corrected chi connectivity index (χ3v) is 2.83. The topological polar surface area (TPSA) is 67.8 Å². The SMILES string of the molecule is CCCN[C@@H](Cc1ccc(OC)c(OC)c1)C(=O)O. The van der Waals surface area contributed by atoms with Crippen LogP contribution in [0, 0.1) is 0 Å². The quantitative estimate of drug-likeness (QED) is 0.750. The molecule has 0 saturated heterocycles. The zero-order valence-electron chi connectivity index (χ0n) is 11.6. The summed E-state index contributed by atoms with van der Waals surface area (Å²) in [5.74, 6) is 0.405. The van der Waals surface area contributed by atoms with Gasteiger partial charge in [-0.25, -0.2) is 0 Å². The van der Waals surface area contributed by atoms with Crippen LogP contribution in [0.1, 0.15) is 18.9 Å². The van der Waals surface area contributed by atoms with Crippen molar-refractivity contribution in [2.45, 2.75) is 25.8 Å². The van der Waals surface area contributed by atoms with Gasteiger partial charge in [0.1, 0.15) is 6.04 Å². The first-order valence-electron chi connectivity index (χ1n) is 6.29. The third kappa shape index (κ3) is 4.44. The molecule has 0 bridgehead atoms. The van der Waals surface area contributed by atoms with Crippen molar-refractivity contribution in [1.29, 1.82) is 0 Å². The Kier molecular flexibility index (Phi) is 6.15. The highest BCUT2D eigenvalue weighted by Gasteiger charge is 2.17. The lowest BCUT2D eigenvalue weighted by molar-refractivity contribution is -0.139. The number of benzene rings is 1. The second-order valence-electron chi connectivity index (χ2n) is 4.24. The molecule has 5 nitrogen and oxygen atoms in total. The van der Waals surface area contributed by atoms with Crippen molar-refractivity contribution in [3.63, 3.8) is 0 Å². The zero-order chi connectivity index (χ0) is 14.3. The van der Waals surface area contributed by atoms with Gasteiger partial charge >= 0.3 is 5.97 Å². The van der Waals surface area contributed by atoms with Crippen molar-refractivity contribution >= 4 is 5.97 Å². The molecule has 19 heavy (non-hydrogen) atoms. The average Bonchev–Trinajstić information content (AvgIpc) is 2.42. The van der Waals surface area contributed by atoms with Crippen LogP contribution in [0.25, 0.3) is 0 Å². The van der Waals surface area contributed by atoms with E-state index in [4.69, 9.17) is 9.47 Å². The molecular formula is C14H21NO4. The first kappa shape index (κ1) is 15.3. The molecule has 0 unspecified atom stereocenters. The van der Waals surface area contributed by atoms with E-state index in [1.165, 1.54) is 0 Å². The van der Waals surface area contributed by atoms with Crippen LogP contribution in [0.15, 0.2) is 18.2 Å². The van der Waals surface area contributed by atoms with E-state index in [-0.39, 0.29) is 0 Å². The van der Waals surface area contributed by atoms with Crippen LogP contribution in [0.3, 0.4) is 0 Å². The van der Waals surface area contributed by atoms with Gasteiger partial charge in [-0.05, 0) is 37.1 Å². The van der Waals surface area contributed by atoms with Gasteiger partial charge in [0.15, 0.2) is 11.5 Å². The van der Waals surface area contributed by atoms with Gasteiger partial charge in [0.05, 0.1) is 14.2 Å². The molecule has 1 aromatic carbocycles. The second kappa shape index (κ2) is 7.63. The van der Waals surface area contributed by atoms with E-state index in [1.807, 2.05) is 19.1 Å². The lowest BCUT2D eigenvalue weighted by Crippen LogP contribution is -2.38. The van der Waals surface area contributed by atoms with Gasteiger partial charge in [-0.1, -0.05) is 13.0 Å². The molecule has 0 fully saturated rings. The van der Waals surface area contributed by atoms with E-state index < -0.39 is 12.0 Å². The van der Waals surface area contributed by atoms with Gasteiger partial charge in [-0.3, -0.25) is 4.79 Å². The summed E-state index contributed by atoms with van der Waals surface area (Å²) in [4.78, 5) is 11.2. The summed E-state index contributed by atoms with van der Waals surface area (Å²) in [6.07, 6.45) is 1.31. The number of hydrogen-bond donors (Lipinski definition) is 2. The summed E-state index contributed by atoms with van der Waals surface area (Å²) in [5.41, 5.74) is 0.897. The van der Waals surface area contributed by atoms with Crippen LogP contribution in [0.5, 0.6) is 11.5 Å². The normalized spacial score (nSPS) is 11.9. The molecule has 0 saturated carbocycles. The number of carboxylic acids is 1. The van der Waals surface area contributed by atoms with Crippen LogP contribution in [-0.2, 0) is 11.2 Å². The standard InChI is InChI=1S/C14H21NO4/c1-4-7-15-11(14(16)17)8-10-5-6-12(18-2)13(9-10)19-3/h5-6,9,11,15H,4,7-8H2,1-3H3,(H,16,17)/t11-/m0/s1. The van der Waals surface area contributed by atoms with Crippen LogP contribution < -0.4 is 14.8 Å². The highest BCUT2D eigenvalue weighted by Crippen LogP contribution is 2.27. The molecule has 0 aromatic heterocycles. The summed E-state index contributed by atoms with van der Waals surface area (Å²) >= 11 is 0. The predicted molar refractivity (Wildman–Crippen MR) is 73.0 cm³/mol. The Morgan fingerprint density at radius 3 is 2.53 bits per heavy atom. The Hall–Kier alpha value is -1.75. The van der Waals surface area contributed by atoms with Crippen molar-refractivity contribution in [2.24, 2.45) is 0 Å². The van der Waals surface area contributed by atoms with Crippen LogP contribution in [0.4, 0.5) is 0 Å². The van der Waals surface area contributed by atoms with E-state index in [1.54, 1.807) is 20.3 Å². The van der Waals surface area contributed by atoms with Crippen molar-refractivity contribution < 1.29 is 19.4 Å². The van der Waals surface area contributed by atoms with Gasteiger partial charge in [0.2, 0.25) is 0 Å². The summed E-state index contributed by atoms with van der Waals surface area (Å²) in [6.45, 7) is 2.69. The number of ether oxygens (including phenoxy) is 2. The molecule has 0 aliphatic rings. The maximum absolute atomic E-state index is 11.2. The first-order valence-corrected chi connectivity index (χ1v) is 6.29. The lowest BCUT2D eigenvalue weighted by Gasteiger charge is -2.15. The van der Waals surface area contributed by atoms with Crippen LogP contribution in [-0.4, -0.2) is 37.9 Å². The second-order valence-corrected chi connectivity index (χ2v) is 4.24. The highest BCUT2D eigenvalue weighted by atomic mass is 16.5. The maximum Gasteiger partial charge on any atom is 0.321 e. The summed E-state index contributed by atoms with van der Waals surface area (Å²) in [6, 6.07) is 4.86. The number of hydrogen-bond acceptors (Lipinski definition) is 4. The van der Waals surface area contributed by atoms with Crippen molar-refractivity contribution in [1.82, 2.24) is 5.32 Å². The number of aliphatic carboxylic acids is 1. The Labute approximate surface area is 113 Å². The fourth-order valence-corrected chi connectivity index (χ4v) is 1.81. The molecule has 0 spiro atoms. The first-order chi connectivity index (χ1) is 9.12. The van der Waals surface area contributed by atoms with Gasteiger partial charge in [-0.2, -0.15) is 0 Å². The van der Waals surface area contributed by atoms with E-state index in [2.05, 4.69) is 5.32 Å². The number of nitrogens with one attached hydrogen (secondary N) is 1. The zero-order valence-corrected chi connectivity index (χ0v) is 11.6. The maximum atomic E-state index is 11.2. The molecule has 0 aliphatic heterocycles. The Morgan fingerprint density at radius 1 is 1.32 bits per heavy atom. The Morgan fingerprint density at radius 2 is 2.00 bits per heavy atom. The molecule has 106 valence electrons. The van der Waals surface area contributed by atoms with Crippen LogP contribution in [0.2, 0.25) is 0 Å². The van der Waals surface area contributed by atoms with Crippen molar-refractivity contribution in [3.05, 3.63) is 23.8 Å². The molecule has 0 amide bonds. The number of methoxy groups -OCH3 is 2. The van der Waals surface area contributed by atoms with Gasteiger partial charge in [0, 0.05) is 0 Å². The van der Waals surface area contributed by atoms with Gasteiger partial charge in [0.25, 0.3) is 0 Å². The molecule has 0 aliphatic carbocycles. The fourth-order valence-electron chi connectivity index (χ4n) is 1.81. The largest absolute Gasteiger partial charge is 0.493 e. The molecule has 2 N–H and O–H groups in total. The molecule has 1 atom stereocenters. The summed E-state index contributed by atoms with van der Waals surface area (Å²) < 4.78 is 10.4. The molecule has 5 heteroatoms. The number of rotatable bonds is 8. The number of carbonyl (C=O) groups is 1. The summed E-state index contributed by atoms with van der Waals surface area (Å²) in [5, 5.41) is 12.2. The van der Waals surface area contributed by atoms with Gasteiger partial charge in [-0.15, -0.1) is 0 Å². The van der Waals surface area contributed by atoms with Crippen LogP contribution >= 0.6 is 0 Å². The Bertz CT molecular complexity index is 420. The fraction of sp³-hybridized carbons (Fsp3) is 0.500. The lowest BCUT2D eigenvalue weighted by atomic mass is 10.1. The minimum atomic E-state index is -0.844. The molecule has 1 aromatic rings. The average molecular weight is 267 g/mol. The summed E-state index contributed by atoms with van der Waals surface area (Å²) in [7, 11) is 3.13. The van der Waals surface area contributed by atoms with E-state index in [9.17, 15) is 9.90 Å². The number of carboxylic acid groups (broad SMARTS) is 1. The third-order valence-electron chi connectivity index (χ3n) is 2.83. The monoisotopic (exact) mass is 267 g/mol.